The summed E-state index contributed by atoms with van der Waals surface area (Å²) in [6.07, 6.45) is 2.12. The Morgan fingerprint density at radius 1 is 1.13 bits per heavy atom. The minimum Gasteiger partial charge on any atom is -0.325 e. The third-order valence-corrected chi connectivity index (χ3v) is 7.64. The van der Waals surface area contributed by atoms with Gasteiger partial charge in [-0.3, -0.25) is 14.9 Å². The molecule has 0 aliphatic carbocycles. The van der Waals surface area contributed by atoms with E-state index in [1.165, 1.54) is 16.4 Å². The normalized spacial score (nSPS) is 15.5. The molecule has 0 saturated carbocycles. The molecule has 1 fully saturated rings. The van der Waals surface area contributed by atoms with Gasteiger partial charge in [0.2, 0.25) is 15.9 Å². The molecule has 1 N–H and O–H groups in total. The highest BCUT2D eigenvalue weighted by atomic mass is 32.2. The summed E-state index contributed by atoms with van der Waals surface area (Å²) >= 11 is 0. The standard InChI is InChI=1S/C22H27N3O5S/c1-17-20(10-5-11-21(17)25(27)28)23-22(26)19-12-14-24(15-13-19)31(29,30)16-6-9-18-7-3-2-4-8-18/h2-5,7-8,10-11,19H,6,9,12-16H2,1H3,(H,23,26). The van der Waals surface area contributed by atoms with E-state index in [0.717, 1.165) is 5.56 Å². The predicted octanol–water partition coefficient (Wildman–Crippen LogP) is 3.52. The average molecular weight is 446 g/mol. The van der Waals surface area contributed by atoms with Crippen molar-refractivity contribution in [1.29, 1.82) is 0 Å². The number of hydrogen-bond donors (Lipinski definition) is 1. The third kappa shape index (κ3) is 5.89. The molecule has 1 aliphatic heterocycles. The summed E-state index contributed by atoms with van der Waals surface area (Å²) in [6, 6.07) is 14.3. The van der Waals surface area contributed by atoms with E-state index in [1.54, 1.807) is 13.0 Å². The zero-order valence-electron chi connectivity index (χ0n) is 17.5. The van der Waals surface area contributed by atoms with Crippen LogP contribution >= 0.6 is 0 Å². The van der Waals surface area contributed by atoms with Crippen molar-refractivity contribution < 1.29 is 18.1 Å². The summed E-state index contributed by atoms with van der Waals surface area (Å²) in [6.45, 7) is 2.21. The van der Waals surface area contributed by atoms with Crippen LogP contribution in [0.3, 0.4) is 0 Å². The molecule has 3 rings (SSSR count). The first-order valence-electron chi connectivity index (χ1n) is 10.3. The Morgan fingerprint density at radius 3 is 2.45 bits per heavy atom. The quantitative estimate of drug-likeness (QED) is 0.494. The molecule has 0 atom stereocenters. The van der Waals surface area contributed by atoms with Crippen LogP contribution in [0.15, 0.2) is 48.5 Å². The Hall–Kier alpha value is -2.78. The Balaban J connectivity index is 1.51. The molecular weight excluding hydrogens is 418 g/mol. The smallest absolute Gasteiger partial charge is 0.274 e. The second kappa shape index (κ2) is 10.0. The van der Waals surface area contributed by atoms with Gasteiger partial charge in [0.05, 0.1) is 21.9 Å². The van der Waals surface area contributed by atoms with Crippen LogP contribution in [0, 0.1) is 23.0 Å². The van der Waals surface area contributed by atoms with Gasteiger partial charge in [-0.25, -0.2) is 12.7 Å². The monoisotopic (exact) mass is 445 g/mol. The molecule has 166 valence electrons. The van der Waals surface area contributed by atoms with Crippen LogP contribution in [0.25, 0.3) is 0 Å². The van der Waals surface area contributed by atoms with Crippen LogP contribution in [0.2, 0.25) is 0 Å². The highest BCUT2D eigenvalue weighted by molar-refractivity contribution is 7.89. The lowest BCUT2D eigenvalue weighted by Gasteiger charge is -2.30. The van der Waals surface area contributed by atoms with Crippen molar-refractivity contribution in [2.24, 2.45) is 5.92 Å². The van der Waals surface area contributed by atoms with Crippen molar-refractivity contribution in [3.63, 3.8) is 0 Å². The van der Waals surface area contributed by atoms with E-state index in [9.17, 15) is 23.3 Å². The molecule has 31 heavy (non-hydrogen) atoms. The molecular formula is C22H27N3O5S. The SMILES string of the molecule is Cc1c(NC(=O)C2CCN(S(=O)(=O)CCCc3ccccc3)CC2)cccc1[N+](=O)[O-]. The second-order valence-corrected chi connectivity index (χ2v) is 9.86. The molecule has 2 aromatic rings. The molecule has 9 heteroatoms. The maximum Gasteiger partial charge on any atom is 0.274 e. The molecule has 1 heterocycles. The van der Waals surface area contributed by atoms with Crippen LogP contribution in [0.1, 0.15) is 30.4 Å². The van der Waals surface area contributed by atoms with E-state index in [-0.39, 0.29) is 23.3 Å². The van der Waals surface area contributed by atoms with Crippen molar-refractivity contribution in [1.82, 2.24) is 4.31 Å². The highest BCUT2D eigenvalue weighted by Crippen LogP contribution is 2.27. The molecule has 1 amide bonds. The number of sulfonamides is 1. The number of rotatable bonds is 8. The van der Waals surface area contributed by atoms with Gasteiger partial charge in [-0.05, 0) is 44.2 Å². The summed E-state index contributed by atoms with van der Waals surface area (Å²) in [5.41, 5.74) is 1.88. The number of carbonyl (C=O) groups excluding carboxylic acids is 1. The van der Waals surface area contributed by atoms with Crippen LogP contribution in [-0.2, 0) is 21.2 Å². The van der Waals surface area contributed by atoms with Crippen molar-refractivity contribution in [2.45, 2.75) is 32.6 Å². The number of nitro benzene ring substituents is 1. The number of nitro groups is 1. The van der Waals surface area contributed by atoms with Crippen LogP contribution in [0.5, 0.6) is 0 Å². The number of anilines is 1. The Kier molecular flexibility index (Phi) is 7.40. The first-order valence-corrected chi connectivity index (χ1v) is 12.0. The van der Waals surface area contributed by atoms with Crippen LogP contribution in [0.4, 0.5) is 11.4 Å². The van der Waals surface area contributed by atoms with E-state index in [4.69, 9.17) is 0 Å². The van der Waals surface area contributed by atoms with Crippen LogP contribution in [-0.4, -0.2) is 42.4 Å². The Labute approximate surface area is 182 Å². The molecule has 0 spiro atoms. The first-order chi connectivity index (χ1) is 14.8. The third-order valence-electron chi connectivity index (χ3n) is 5.69. The number of nitrogens with zero attached hydrogens (tertiary/aromatic N) is 2. The maximum atomic E-state index is 12.7. The second-order valence-electron chi connectivity index (χ2n) is 7.77. The fraction of sp³-hybridized carbons (Fsp3) is 0.409. The molecule has 0 radical (unpaired) electrons. The Morgan fingerprint density at radius 2 is 1.81 bits per heavy atom. The van der Waals surface area contributed by atoms with Gasteiger partial charge in [0.1, 0.15) is 0 Å². The zero-order chi connectivity index (χ0) is 22.4. The molecule has 1 saturated heterocycles. The minimum atomic E-state index is -3.36. The van der Waals surface area contributed by atoms with Gasteiger partial charge in [-0.1, -0.05) is 36.4 Å². The number of nitrogens with one attached hydrogen (secondary N) is 1. The summed E-state index contributed by atoms with van der Waals surface area (Å²) in [4.78, 5) is 23.2. The van der Waals surface area contributed by atoms with Crippen molar-refractivity contribution in [3.8, 4) is 0 Å². The lowest BCUT2D eigenvalue weighted by atomic mass is 9.97. The maximum absolute atomic E-state index is 12.7. The summed E-state index contributed by atoms with van der Waals surface area (Å²) < 4.78 is 26.8. The highest BCUT2D eigenvalue weighted by Gasteiger charge is 2.31. The number of benzene rings is 2. The van der Waals surface area contributed by atoms with E-state index in [1.807, 2.05) is 30.3 Å². The largest absolute Gasteiger partial charge is 0.325 e. The lowest BCUT2D eigenvalue weighted by Crippen LogP contribution is -2.42. The summed E-state index contributed by atoms with van der Waals surface area (Å²) in [5.74, 6) is -0.467. The first kappa shape index (κ1) is 22.9. The van der Waals surface area contributed by atoms with Gasteiger partial charge in [0.15, 0.2) is 0 Å². The van der Waals surface area contributed by atoms with Crippen molar-refractivity contribution in [2.75, 3.05) is 24.2 Å². The molecule has 8 nitrogen and oxygen atoms in total. The van der Waals surface area contributed by atoms with Gasteiger partial charge in [-0.2, -0.15) is 0 Å². The zero-order valence-corrected chi connectivity index (χ0v) is 18.3. The summed E-state index contributed by atoms with van der Waals surface area (Å²) in [5, 5.41) is 13.8. The van der Waals surface area contributed by atoms with E-state index < -0.39 is 14.9 Å². The van der Waals surface area contributed by atoms with Gasteiger partial charge in [0, 0.05) is 25.1 Å². The Bertz CT molecular complexity index is 1030. The van der Waals surface area contributed by atoms with Crippen LogP contribution < -0.4 is 5.32 Å². The van der Waals surface area contributed by atoms with E-state index in [2.05, 4.69) is 5.32 Å². The molecule has 2 aromatic carbocycles. The minimum absolute atomic E-state index is 0.0470. The molecule has 1 aliphatic rings. The number of carbonyl (C=O) groups is 1. The number of amides is 1. The predicted molar refractivity (Wildman–Crippen MR) is 119 cm³/mol. The van der Waals surface area contributed by atoms with E-state index in [0.29, 0.717) is 50.0 Å². The number of piperidine rings is 1. The molecule has 0 bridgehead atoms. The van der Waals surface area contributed by atoms with Gasteiger partial charge in [-0.15, -0.1) is 0 Å². The van der Waals surface area contributed by atoms with E-state index >= 15 is 0 Å². The van der Waals surface area contributed by atoms with Crippen molar-refractivity contribution in [3.05, 3.63) is 69.8 Å². The number of hydrogen-bond acceptors (Lipinski definition) is 5. The van der Waals surface area contributed by atoms with Gasteiger partial charge in [0.25, 0.3) is 5.69 Å². The van der Waals surface area contributed by atoms with Crippen molar-refractivity contribution >= 4 is 27.3 Å². The van der Waals surface area contributed by atoms with Gasteiger partial charge < -0.3 is 5.32 Å². The molecule has 0 aromatic heterocycles. The lowest BCUT2D eigenvalue weighted by molar-refractivity contribution is -0.385. The summed E-state index contributed by atoms with van der Waals surface area (Å²) in [7, 11) is -3.36. The fourth-order valence-corrected chi connectivity index (χ4v) is 5.35. The average Bonchev–Trinajstić information content (AvgIpc) is 2.75. The number of aryl methyl sites for hydroxylation is 1. The topological polar surface area (TPSA) is 110 Å². The van der Waals surface area contributed by atoms with Gasteiger partial charge >= 0.3 is 0 Å². The fourth-order valence-electron chi connectivity index (χ4n) is 3.82. The molecule has 0 unspecified atom stereocenters.